The highest BCUT2D eigenvalue weighted by molar-refractivity contribution is 6.31. The predicted molar refractivity (Wildman–Crippen MR) is 78.3 cm³/mol. The van der Waals surface area contributed by atoms with Gasteiger partial charge in [-0.25, -0.2) is 8.78 Å². The van der Waals surface area contributed by atoms with Gasteiger partial charge in [0.25, 0.3) is 0 Å². The molecule has 0 radical (unpaired) electrons. The molecule has 2 aromatic rings. The Morgan fingerprint density at radius 3 is 2.40 bits per heavy atom. The smallest absolute Gasteiger partial charge is 0.142 e. The Labute approximate surface area is 126 Å². The fourth-order valence-corrected chi connectivity index (χ4v) is 2.32. The maximum atomic E-state index is 14.0. The first-order valence-corrected chi connectivity index (χ1v) is 6.91. The third-order valence-corrected chi connectivity index (χ3v) is 3.50. The second-order valence-electron chi connectivity index (χ2n) is 4.33. The topological polar surface area (TPSA) is 12.0 Å². The minimum atomic E-state index is -0.526. The van der Waals surface area contributed by atoms with Gasteiger partial charge in [-0.1, -0.05) is 42.3 Å². The summed E-state index contributed by atoms with van der Waals surface area (Å²) in [5.74, 6) is -0.958. The second kappa shape index (κ2) is 6.53. The molecule has 0 fully saturated rings. The van der Waals surface area contributed by atoms with E-state index in [4.69, 9.17) is 23.2 Å². The van der Waals surface area contributed by atoms with Crippen molar-refractivity contribution >= 4 is 23.2 Å². The molecule has 0 aliphatic rings. The Morgan fingerprint density at radius 2 is 1.80 bits per heavy atom. The van der Waals surface area contributed by atoms with Gasteiger partial charge in [-0.3, -0.25) is 0 Å². The van der Waals surface area contributed by atoms with Gasteiger partial charge in [-0.05, 0) is 36.4 Å². The molecule has 0 spiro atoms. The van der Waals surface area contributed by atoms with E-state index in [1.807, 2.05) is 6.92 Å². The van der Waals surface area contributed by atoms with Crippen LogP contribution < -0.4 is 5.32 Å². The molecule has 5 heteroatoms. The average Bonchev–Trinajstić information content (AvgIpc) is 2.40. The van der Waals surface area contributed by atoms with Crippen molar-refractivity contribution in [2.75, 3.05) is 6.54 Å². The van der Waals surface area contributed by atoms with Crippen LogP contribution in [0, 0.1) is 11.6 Å². The van der Waals surface area contributed by atoms with Crippen LogP contribution in [0.15, 0.2) is 36.4 Å². The minimum absolute atomic E-state index is 0.0422. The van der Waals surface area contributed by atoms with Gasteiger partial charge in [0.1, 0.15) is 11.6 Å². The van der Waals surface area contributed by atoms with Crippen LogP contribution in [0.2, 0.25) is 10.0 Å². The van der Waals surface area contributed by atoms with E-state index in [1.165, 1.54) is 18.2 Å². The van der Waals surface area contributed by atoms with E-state index in [9.17, 15) is 8.78 Å². The highest BCUT2D eigenvalue weighted by atomic mass is 35.5. The maximum absolute atomic E-state index is 14.0. The normalized spacial score (nSPS) is 12.4. The molecule has 0 aliphatic heterocycles. The quantitative estimate of drug-likeness (QED) is 0.840. The van der Waals surface area contributed by atoms with Crippen LogP contribution in [0.4, 0.5) is 8.78 Å². The molecule has 0 amide bonds. The van der Waals surface area contributed by atoms with Gasteiger partial charge in [-0.15, -0.1) is 0 Å². The first kappa shape index (κ1) is 15.2. The molecular formula is C15H13Cl2F2N. The van der Waals surface area contributed by atoms with Gasteiger partial charge in [0.05, 0.1) is 11.1 Å². The fraction of sp³-hybridized carbons (Fsp3) is 0.200. The average molecular weight is 316 g/mol. The van der Waals surface area contributed by atoms with Crippen molar-refractivity contribution in [3.05, 3.63) is 69.2 Å². The largest absolute Gasteiger partial charge is 0.306 e. The lowest BCUT2D eigenvalue weighted by atomic mass is 9.98. The molecular weight excluding hydrogens is 303 g/mol. The van der Waals surface area contributed by atoms with Crippen LogP contribution in [0.3, 0.4) is 0 Å². The Kier molecular flexibility index (Phi) is 4.97. The molecule has 0 heterocycles. The third kappa shape index (κ3) is 3.29. The third-order valence-electron chi connectivity index (χ3n) is 2.96. The van der Waals surface area contributed by atoms with E-state index >= 15 is 0 Å². The van der Waals surface area contributed by atoms with Crippen LogP contribution in [-0.4, -0.2) is 6.54 Å². The van der Waals surface area contributed by atoms with Crippen LogP contribution in [0.25, 0.3) is 0 Å². The molecule has 2 rings (SSSR count). The van der Waals surface area contributed by atoms with Crippen molar-refractivity contribution < 1.29 is 8.78 Å². The van der Waals surface area contributed by atoms with Crippen molar-refractivity contribution in [1.82, 2.24) is 5.32 Å². The molecule has 1 unspecified atom stereocenters. The van der Waals surface area contributed by atoms with E-state index < -0.39 is 17.7 Å². The number of nitrogens with one attached hydrogen (secondary N) is 1. The highest BCUT2D eigenvalue weighted by Crippen LogP contribution is 2.28. The SMILES string of the molecule is CCNC(c1ccc(Cl)c(F)c1)c1ccc(Cl)cc1F. The van der Waals surface area contributed by atoms with Gasteiger partial charge in [0.2, 0.25) is 0 Å². The monoisotopic (exact) mass is 315 g/mol. The van der Waals surface area contributed by atoms with Gasteiger partial charge in [0, 0.05) is 10.6 Å². The molecule has 106 valence electrons. The van der Waals surface area contributed by atoms with E-state index in [0.29, 0.717) is 22.7 Å². The van der Waals surface area contributed by atoms with Crippen molar-refractivity contribution in [1.29, 1.82) is 0 Å². The summed E-state index contributed by atoms with van der Waals surface area (Å²) in [6.07, 6.45) is 0. The zero-order valence-corrected chi connectivity index (χ0v) is 12.3. The molecule has 1 atom stereocenters. The van der Waals surface area contributed by atoms with Gasteiger partial charge in [0.15, 0.2) is 0 Å². The molecule has 20 heavy (non-hydrogen) atoms. The zero-order valence-electron chi connectivity index (χ0n) is 10.8. The number of hydrogen-bond donors (Lipinski definition) is 1. The summed E-state index contributed by atoms with van der Waals surface area (Å²) in [4.78, 5) is 0. The molecule has 1 N–H and O–H groups in total. The van der Waals surface area contributed by atoms with Crippen molar-refractivity contribution in [2.24, 2.45) is 0 Å². The van der Waals surface area contributed by atoms with Gasteiger partial charge in [-0.2, -0.15) is 0 Å². The molecule has 0 aliphatic carbocycles. The summed E-state index contributed by atoms with van der Waals surface area (Å²) >= 11 is 11.4. The van der Waals surface area contributed by atoms with Crippen LogP contribution in [-0.2, 0) is 0 Å². The predicted octanol–water partition coefficient (Wildman–Crippen LogP) is 4.97. The number of halogens is 4. The fourth-order valence-electron chi connectivity index (χ4n) is 2.04. The maximum Gasteiger partial charge on any atom is 0.142 e. The Morgan fingerprint density at radius 1 is 1.05 bits per heavy atom. The molecule has 1 nitrogen and oxygen atoms in total. The summed E-state index contributed by atoms with van der Waals surface area (Å²) in [7, 11) is 0. The van der Waals surface area contributed by atoms with Crippen molar-refractivity contribution in [3.63, 3.8) is 0 Å². The lowest BCUT2D eigenvalue weighted by Crippen LogP contribution is -2.23. The highest BCUT2D eigenvalue weighted by Gasteiger charge is 2.18. The standard InChI is InChI=1S/C15H13Cl2F2N/c1-2-20-15(9-3-6-12(17)14(19)7-9)11-5-4-10(16)8-13(11)18/h3-8,15,20H,2H2,1H3. The molecule has 0 saturated carbocycles. The summed E-state index contributed by atoms with van der Waals surface area (Å²) in [6.45, 7) is 2.50. The summed E-state index contributed by atoms with van der Waals surface area (Å²) < 4.78 is 27.6. The van der Waals surface area contributed by atoms with E-state index in [-0.39, 0.29) is 5.02 Å². The lowest BCUT2D eigenvalue weighted by Gasteiger charge is -2.20. The zero-order chi connectivity index (χ0) is 14.7. The summed E-state index contributed by atoms with van der Waals surface area (Å²) in [6, 6.07) is 8.44. The number of rotatable bonds is 4. The Balaban J connectivity index is 2.47. The summed E-state index contributed by atoms with van der Waals surface area (Å²) in [5.41, 5.74) is 1.02. The molecule has 0 bridgehead atoms. The first-order chi connectivity index (χ1) is 9.52. The van der Waals surface area contributed by atoms with E-state index in [2.05, 4.69) is 5.32 Å². The van der Waals surface area contributed by atoms with Crippen LogP contribution >= 0.6 is 23.2 Å². The minimum Gasteiger partial charge on any atom is -0.306 e. The van der Waals surface area contributed by atoms with E-state index in [0.717, 1.165) is 0 Å². The van der Waals surface area contributed by atoms with Crippen LogP contribution in [0.1, 0.15) is 24.1 Å². The Hall–Kier alpha value is -1.16. The second-order valence-corrected chi connectivity index (χ2v) is 5.17. The summed E-state index contributed by atoms with van der Waals surface area (Å²) in [5, 5.41) is 3.49. The van der Waals surface area contributed by atoms with Gasteiger partial charge < -0.3 is 5.32 Å². The van der Waals surface area contributed by atoms with Crippen LogP contribution in [0.5, 0.6) is 0 Å². The van der Waals surface area contributed by atoms with Gasteiger partial charge >= 0.3 is 0 Å². The molecule has 0 aromatic heterocycles. The lowest BCUT2D eigenvalue weighted by molar-refractivity contribution is 0.554. The molecule has 2 aromatic carbocycles. The first-order valence-electron chi connectivity index (χ1n) is 6.16. The molecule has 0 saturated heterocycles. The van der Waals surface area contributed by atoms with E-state index in [1.54, 1.807) is 18.2 Å². The number of benzene rings is 2. The van der Waals surface area contributed by atoms with Crippen molar-refractivity contribution in [2.45, 2.75) is 13.0 Å². The number of hydrogen-bond acceptors (Lipinski definition) is 1. The Bertz CT molecular complexity index is 617. The van der Waals surface area contributed by atoms with Crippen molar-refractivity contribution in [3.8, 4) is 0 Å².